The second kappa shape index (κ2) is 16.7. The van der Waals surface area contributed by atoms with Crippen molar-refractivity contribution in [2.24, 2.45) is 0 Å². The van der Waals surface area contributed by atoms with Gasteiger partial charge in [0.25, 0.3) is 0 Å². The van der Waals surface area contributed by atoms with E-state index in [-0.39, 0.29) is 10.8 Å². The SMILES string of the molecule is C=C1[n+]2cc(-c3cccc(-c4cccc(-c5cccc(CCCCCCc6ccccc6)c5)c4)c3)ccc2-c2cc3c(cc2C1(CC)CC)-c1ccccc1C3(CC)CC. The highest BCUT2D eigenvalue weighted by atomic mass is 15.0. The van der Waals surface area contributed by atoms with Crippen molar-refractivity contribution < 1.29 is 4.57 Å². The summed E-state index contributed by atoms with van der Waals surface area (Å²) in [5, 5.41) is 0. The highest BCUT2D eigenvalue weighted by Gasteiger charge is 2.49. The van der Waals surface area contributed by atoms with E-state index in [2.05, 4.69) is 190 Å². The fourth-order valence-corrected chi connectivity index (χ4v) is 11.0. The standard InChI is InChI=1S/C59H60N/c1-6-58(7-2)42(5)60-41-50(34-35-57(60)53-40-55-52(39-56(53)58)51-32-17-18-33-54(51)59(55,8-3)9-4)49-31-21-30-48(38-49)47-29-20-28-46(37-47)45-27-19-26-44(36-45)25-14-11-10-13-22-43-23-15-12-16-24-43/h12,15-21,23-24,26-41H,5-11,13-14,22,25H2,1-4H3/q+1. The Balaban J connectivity index is 0.988. The molecule has 2 aliphatic rings. The molecule has 2 heterocycles. The molecule has 1 nitrogen and oxygen atoms in total. The molecule has 1 aliphatic carbocycles. The third-order valence-electron chi connectivity index (χ3n) is 14.6. The maximum Gasteiger partial charge on any atom is 0.218 e. The fraction of sp³-hybridized carbons (Fsp3) is 0.271. The lowest BCUT2D eigenvalue weighted by atomic mass is 9.67. The summed E-state index contributed by atoms with van der Waals surface area (Å²) in [5.41, 5.74) is 21.2. The number of hydrogen-bond donors (Lipinski definition) is 0. The van der Waals surface area contributed by atoms with Crippen molar-refractivity contribution in [2.75, 3.05) is 0 Å². The number of hydrogen-bond acceptors (Lipinski definition) is 0. The maximum atomic E-state index is 4.89. The number of aryl methyl sites for hydroxylation is 2. The van der Waals surface area contributed by atoms with E-state index < -0.39 is 0 Å². The van der Waals surface area contributed by atoms with E-state index in [4.69, 9.17) is 6.58 Å². The van der Waals surface area contributed by atoms with Crippen LogP contribution in [0.15, 0.2) is 164 Å². The average Bonchev–Trinajstić information content (AvgIpc) is 3.59. The average molecular weight is 783 g/mol. The van der Waals surface area contributed by atoms with Crippen LogP contribution in [0, 0.1) is 0 Å². The number of fused-ring (bicyclic) bond motifs is 6. The van der Waals surface area contributed by atoms with Crippen molar-refractivity contribution in [1.82, 2.24) is 0 Å². The van der Waals surface area contributed by atoms with Crippen molar-refractivity contribution in [3.63, 3.8) is 0 Å². The smallest absolute Gasteiger partial charge is 0.163 e. The van der Waals surface area contributed by atoms with Gasteiger partial charge in [0, 0.05) is 17.0 Å². The Hall–Kier alpha value is -5.79. The van der Waals surface area contributed by atoms with Gasteiger partial charge in [-0.3, -0.25) is 0 Å². The minimum absolute atomic E-state index is 0.0323. The van der Waals surface area contributed by atoms with E-state index in [1.807, 2.05) is 0 Å². The number of allylic oxidation sites excluding steroid dienone is 1. The van der Waals surface area contributed by atoms with Gasteiger partial charge in [0.2, 0.25) is 5.69 Å². The van der Waals surface area contributed by atoms with E-state index in [1.165, 1.54) is 121 Å². The Morgan fingerprint density at radius 2 is 0.917 bits per heavy atom. The summed E-state index contributed by atoms with van der Waals surface area (Å²) < 4.78 is 2.43. The Morgan fingerprint density at radius 1 is 0.400 bits per heavy atom. The summed E-state index contributed by atoms with van der Waals surface area (Å²) in [7, 11) is 0. The van der Waals surface area contributed by atoms with Crippen molar-refractivity contribution in [3.05, 3.63) is 192 Å². The van der Waals surface area contributed by atoms with Crippen LogP contribution in [0.4, 0.5) is 0 Å². The Labute approximate surface area is 359 Å². The first-order valence-corrected chi connectivity index (χ1v) is 22.8. The van der Waals surface area contributed by atoms with Gasteiger partial charge in [-0.15, -0.1) is 0 Å². The lowest BCUT2D eigenvalue weighted by Crippen LogP contribution is -2.48. The van der Waals surface area contributed by atoms with Crippen molar-refractivity contribution in [1.29, 1.82) is 0 Å². The van der Waals surface area contributed by atoms with Crippen LogP contribution in [-0.4, -0.2) is 0 Å². The molecule has 9 rings (SSSR count). The monoisotopic (exact) mass is 782 g/mol. The molecule has 0 saturated heterocycles. The van der Waals surface area contributed by atoms with Gasteiger partial charge in [0.1, 0.15) is 0 Å². The molecule has 0 fully saturated rings. The number of aromatic nitrogens is 1. The molecule has 0 N–H and O–H groups in total. The number of benzene rings is 6. The molecule has 0 amide bonds. The van der Waals surface area contributed by atoms with Crippen LogP contribution in [0.2, 0.25) is 0 Å². The molecule has 0 atom stereocenters. The van der Waals surface area contributed by atoms with Gasteiger partial charge in [0.05, 0.1) is 11.0 Å². The molecule has 300 valence electrons. The van der Waals surface area contributed by atoms with Gasteiger partial charge in [-0.1, -0.05) is 156 Å². The third kappa shape index (κ3) is 6.87. The quantitative estimate of drug-likeness (QED) is 0.0764. The van der Waals surface area contributed by atoms with Crippen LogP contribution in [0.3, 0.4) is 0 Å². The summed E-state index contributed by atoms with van der Waals surface area (Å²) in [6, 6.07) is 57.2. The van der Waals surface area contributed by atoms with E-state index >= 15 is 0 Å². The van der Waals surface area contributed by atoms with Gasteiger partial charge in [-0.2, -0.15) is 4.57 Å². The van der Waals surface area contributed by atoms with Crippen LogP contribution >= 0.6 is 0 Å². The molecular formula is C59H60N+. The normalized spacial score (nSPS) is 14.3. The molecule has 0 saturated carbocycles. The minimum Gasteiger partial charge on any atom is -0.163 e. The van der Waals surface area contributed by atoms with Gasteiger partial charge >= 0.3 is 0 Å². The van der Waals surface area contributed by atoms with Gasteiger partial charge in [-0.05, 0) is 155 Å². The number of unbranched alkanes of at least 4 members (excludes halogenated alkanes) is 3. The molecule has 60 heavy (non-hydrogen) atoms. The summed E-state index contributed by atoms with van der Waals surface area (Å²) in [4.78, 5) is 0. The predicted octanol–water partition coefficient (Wildman–Crippen LogP) is 15.6. The first kappa shape index (κ1) is 39.7. The highest BCUT2D eigenvalue weighted by molar-refractivity contribution is 5.87. The van der Waals surface area contributed by atoms with Gasteiger partial charge in [0.15, 0.2) is 11.9 Å². The van der Waals surface area contributed by atoms with Crippen LogP contribution in [0.1, 0.15) is 107 Å². The van der Waals surface area contributed by atoms with Gasteiger partial charge < -0.3 is 0 Å². The zero-order chi connectivity index (χ0) is 41.3. The van der Waals surface area contributed by atoms with Crippen molar-refractivity contribution >= 4 is 5.70 Å². The number of nitrogens with zero attached hydrogens (tertiary/aromatic N) is 1. The lowest BCUT2D eigenvalue weighted by Gasteiger charge is -2.37. The van der Waals surface area contributed by atoms with E-state index in [1.54, 1.807) is 0 Å². The van der Waals surface area contributed by atoms with E-state index in [0.717, 1.165) is 32.1 Å². The summed E-state index contributed by atoms with van der Waals surface area (Å²) in [6.07, 6.45) is 13.9. The van der Waals surface area contributed by atoms with Crippen LogP contribution in [-0.2, 0) is 23.7 Å². The highest BCUT2D eigenvalue weighted by Crippen LogP contribution is 2.57. The first-order valence-electron chi connectivity index (χ1n) is 22.8. The molecule has 0 spiro atoms. The second-order valence-corrected chi connectivity index (χ2v) is 17.4. The number of pyridine rings is 1. The Bertz CT molecular complexity index is 2670. The molecule has 1 aliphatic heterocycles. The third-order valence-corrected chi connectivity index (χ3v) is 14.6. The molecule has 0 unspecified atom stereocenters. The predicted molar refractivity (Wildman–Crippen MR) is 255 cm³/mol. The maximum absolute atomic E-state index is 4.89. The van der Waals surface area contributed by atoms with Crippen LogP contribution < -0.4 is 4.57 Å². The molecule has 0 radical (unpaired) electrons. The Morgan fingerprint density at radius 3 is 1.57 bits per heavy atom. The number of rotatable bonds is 14. The molecule has 0 bridgehead atoms. The zero-order valence-electron chi connectivity index (χ0n) is 36.2. The van der Waals surface area contributed by atoms with Gasteiger partial charge in [-0.25, -0.2) is 0 Å². The summed E-state index contributed by atoms with van der Waals surface area (Å²) >= 11 is 0. The fourth-order valence-electron chi connectivity index (χ4n) is 11.0. The van der Waals surface area contributed by atoms with Crippen LogP contribution in [0.5, 0.6) is 0 Å². The zero-order valence-corrected chi connectivity index (χ0v) is 36.2. The molecule has 1 heteroatoms. The lowest BCUT2D eigenvalue weighted by molar-refractivity contribution is -0.576. The van der Waals surface area contributed by atoms with Crippen molar-refractivity contribution in [2.45, 2.75) is 103 Å². The largest absolute Gasteiger partial charge is 0.218 e. The molecule has 1 aromatic heterocycles. The van der Waals surface area contributed by atoms with Crippen LogP contribution in [0.25, 0.3) is 61.5 Å². The van der Waals surface area contributed by atoms with Crippen molar-refractivity contribution in [3.8, 4) is 55.8 Å². The Kier molecular flexibility index (Phi) is 11.0. The molecule has 7 aromatic rings. The molecule has 6 aromatic carbocycles. The molecular weight excluding hydrogens is 723 g/mol. The van der Waals surface area contributed by atoms with E-state index in [9.17, 15) is 0 Å². The first-order chi connectivity index (χ1) is 29.4. The van der Waals surface area contributed by atoms with E-state index in [0.29, 0.717) is 0 Å². The second-order valence-electron chi connectivity index (χ2n) is 17.4. The minimum atomic E-state index is -0.151. The summed E-state index contributed by atoms with van der Waals surface area (Å²) in [5.74, 6) is 0. The summed E-state index contributed by atoms with van der Waals surface area (Å²) in [6.45, 7) is 14.3. The topological polar surface area (TPSA) is 3.88 Å².